The second-order valence-corrected chi connectivity index (χ2v) is 8.43. The fourth-order valence-corrected chi connectivity index (χ4v) is 4.67. The maximum absolute atomic E-state index is 6.27. The van der Waals surface area contributed by atoms with E-state index in [0.29, 0.717) is 5.89 Å². The molecule has 0 atom stereocenters. The molecule has 7 aromatic rings. The van der Waals surface area contributed by atoms with Gasteiger partial charge in [-0.2, -0.15) is 0 Å². The molecule has 0 aliphatic rings. The van der Waals surface area contributed by atoms with E-state index in [2.05, 4.69) is 71.7 Å². The molecule has 3 nitrogen and oxygen atoms in total. The minimum Gasteiger partial charge on any atom is -0.455 e. The van der Waals surface area contributed by atoms with Crippen molar-refractivity contribution in [2.24, 2.45) is 0 Å². The zero-order valence-corrected chi connectivity index (χ0v) is 18.2. The van der Waals surface area contributed by atoms with Crippen molar-refractivity contribution in [2.75, 3.05) is 0 Å². The number of hydrogen-bond donors (Lipinski definition) is 0. The highest BCUT2D eigenvalue weighted by atomic mass is 16.3. The van der Waals surface area contributed by atoms with E-state index in [1.54, 1.807) is 0 Å². The summed E-state index contributed by atoms with van der Waals surface area (Å²) < 4.78 is 12.3. The van der Waals surface area contributed by atoms with Gasteiger partial charge in [0.2, 0.25) is 5.89 Å². The van der Waals surface area contributed by atoms with Gasteiger partial charge in [-0.3, -0.25) is 0 Å². The Kier molecular flexibility index (Phi) is 4.15. The summed E-state index contributed by atoms with van der Waals surface area (Å²) in [5.41, 5.74) is 8.89. The standard InChI is InChI=1S/C31H19NO2/c1-3-16-28-25(12-1)26-14-7-13-24(30(26)33-28)22-10-5-8-20(18-22)21-9-6-11-23(19-21)31-32-27-15-2-4-17-29(27)34-31/h1-19H. The van der Waals surface area contributed by atoms with Crippen molar-refractivity contribution < 1.29 is 8.83 Å². The largest absolute Gasteiger partial charge is 0.455 e. The monoisotopic (exact) mass is 437 g/mol. The number of hydrogen-bond acceptors (Lipinski definition) is 3. The molecule has 0 amide bonds. The molecule has 5 aromatic carbocycles. The van der Waals surface area contributed by atoms with Crippen LogP contribution in [0.3, 0.4) is 0 Å². The Morgan fingerprint density at radius 3 is 1.97 bits per heavy atom. The number of para-hydroxylation sites is 4. The van der Waals surface area contributed by atoms with Crippen LogP contribution in [-0.4, -0.2) is 4.98 Å². The number of oxazole rings is 1. The Morgan fingerprint density at radius 2 is 1.12 bits per heavy atom. The van der Waals surface area contributed by atoms with Crippen LogP contribution in [0.2, 0.25) is 0 Å². The SMILES string of the molecule is c1cc(-c2cccc(-c3cccc4c3oc3ccccc34)c2)cc(-c2nc3ccccc3o2)c1. The smallest absolute Gasteiger partial charge is 0.227 e. The van der Waals surface area contributed by atoms with Gasteiger partial charge in [0.25, 0.3) is 0 Å². The van der Waals surface area contributed by atoms with Gasteiger partial charge < -0.3 is 8.83 Å². The van der Waals surface area contributed by atoms with Crippen molar-refractivity contribution in [3.05, 3.63) is 115 Å². The lowest BCUT2D eigenvalue weighted by atomic mass is 9.97. The van der Waals surface area contributed by atoms with Gasteiger partial charge in [-0.25, -0.2) is 4.98 Å². The Bertz CT molecular complexity index is 1790. The van der Waals surface area contributed by atoms with E-state index in [1.807, 2.05) is 48.5 Å². The van der Waals surface area contributed by atoms with Gasteiger partial charge in [0.05, 0.1) is 0 Å². The van der Waals surface area contributed by atoms with Crippen molar-refractivity contribution in [1.82, 2.24) is 4.98 Å². The molecule has 160 valence electrons. The number of aromatic nitrogens is 1. The molecule has 0 N–H and O–H groups in total. The van der Waals surface area contributed by atoms with Crippen LogP contribution < -0.4 is 0 Å². The summed E-state index contributed by atoms with van der Waals surface area (Å²) in [6.45, 7) is 0. The van der Waals surface area contributed by atoms with Crippen molar-refractivity contribution >= 4 is 33.0 Å². The van der Waals surface area contributed by atoms with Gasteiger partial charge in [0.15, 0.2) is 5.58 Å². The number of fused-ring (bicyclic) bond motifs is 4. The Labute approximate surface area is 195 Å². The molecular weight excluding hydrogens is 418 g/mol. The van der Waals surface area contributed by atoms with Crippen molar-refractivity contribution in [3.63, 3.8) is 0 Å². The second-order valence-electron chi connectivity index (χ2n) is 8.43. The molecular formula is C31H19NO2. The highest BCUT2D eigenvalue weighted by Gasteiger charge is 2.13. The minimum atomic E-state index is 0.631. The number of furan rings is 1. The Morgan fingerprint density at radius 1 is 0.471 bits per heavy atom. The van der Waals surface area contributed by atoms with E-state index in [4.69, 9.17) is 8.83 Å². The topological polar surface area (TPSA) is 39.2 Å². The molecule has 3 heteroatoms. The van der Waals surface area contributed by atoms with Crippen molar-refractivity contribution in [2.45, 2.75) is 0 Å². The van der Waals surface area contributed by atoms with Gasteiger partial charge in [0.1, 0.15) is 16.7 Å². The van der Waals surface area contributed by atoms with Gasteiger partial charge in [-0.05, 0) is 53.1 Å². The molecule has 0 saturated carbocycles. The van der Waals surface area contributed by atoms with Gasteiger partial charge in [-0.15, -0.1) is 0 Å². The summed E-state index contributed by atoms with van der Waals surface area (Å²) in [6, 6.07) is 39.3. The third-order valence-corrected chi connectivity index (χ3v) is 6.31. The fraction of sp³-hybridized carbons (Fsp3) is 0. The molecule has 34 heavy (non-hydrogen) atoms. The average Bonchev–Trinajstić information content (AvgIpc) is 3.51. The molecule has 0 unspecified atom stereocenters. The zero-order valence-electron chi connectivity index (χ0n) is 18.2. The fourth-order valence-electron chi connectivity index (χ4n) is 4.67. The maximum Gasteiger partial charge on any atom is 0.227 e. The summed E-state index contributed by atoms with van der Waals surface area (Å²) in [6.07, 6.45) is 0. The van der Waals surface area contributed by atoms with Crippen molar-refractivity contribution in [1.29, 1.82) is 0 Å². The predicted molar refractivity (Wildman–Crippen MR) is 138 cm³/mol. The molecule has 0 bridgehead atoms. The van der Waals surface area contributed by atoms with E-state index in [-0.39, 0.29) is 0 Å². The van der Waals surface area contributed by atoms with Gasteiger partial charge in [0, 0.05) is 21.9 Å². The van der Waals surface area contributed by atoms with Crippen LogP contribution in [0.25, 0.3) is 66.7 Å². The second kappa shape index (κ2) is 7.46. The molecule has 0 aliphatic heterocycles. The molecule has 0 aliphatic carbocycles. The summed E-state index contributed by atoms with van der Waals surface area (Å²) in [5, 5.41) is 2.28. The normalized spacial score (nSPS) is 11.5. The van der Waals surface area contributed by atoms with Gasteiger partial charge in [-0.1, -0.05) is 78.9 Å². The number of benzene rings is 5. The average molecular weight is 437 g/mol. The third kappa shape index (κ3) is 3.02. The Hall–Kier alpha value is -4.63. The predicted octanol–water partition coefficient (Wildman–Crippen LogP) is 8.73. The van der Waals surface area contributed by atoms with Crippen LogP contribution in [-0.2, 0) is 0 Å². The van der Waals surface area contributed by atoms with Crippen molar-refractivity contribution in [3.8, 4) is 33.7 Å². The molecule has 7 rings (SSSR count). The maximum atomic E-state index is 6.27. The Balaban J connectivity index is 1.33. The van der Waals surface area contributed by atoms with E-state index in [0.717, 1.165) is 60.9 Å². The first-order valence-electron chi connectivity index (χ1n) is 11.3. The van der Waals surface area contributed by atoms with Crippen LogP contribution in [0, 0.1) is 0 Å². The zero-order chi connectivity index (χ0) is 22.5. The van der Waals surface area contributed by atoms with Gasteiger partial charge >= 0.3 is 0 Å². The van der Waals surface area contributed by atoms with Crippen LogP contribution in [0.4, 0.5) is 0 Å². The van der Waals surface area contributed by atoms with Crippen LogP contribution >= 0.6 is 0 Å². The summed E-state index contributed by atoms with van der Waals surface area (Å²) in [4.78, 5) is 4.66. The lowest BCUT2D eigenvalue weighted by Crippen LogP contribution is -1.84. The first kappa shape index (κ1) is 18.9. The number of nitrogens with zero attached hydrogens (tertiary/aromatic N) is 1. The number of rotatable bonds is 3. The van der Waals surface area contributed by atoms with E-state index >= 15 is 0 Å². The molecule has 2 aromatic heterocycles. The lowest BCUT2D eigenvalue weighted by Gasteiger charge is -2.08. The highest BCUT2D eigenvalue weighted by Crippen LogP contribution is 2.37. The summed E-state index contributed by atoms with van der Waals surface area (Å²) >= 11 is 0. The lowest BCUT2D eigenvalue weighted by molar-refractivity contribution is 0.620. The third-order valence-electron chi connectivity index (χ3n) is 6.31. The summed E-state index contributed by atoms with van der Waals surface area (Å²) in [5.74, 6) is 0.631. The quantitative estimate of drug-likeness (QED) is 0.277. The molecule has 0 saturated heterocycles. The van der Waals surface area contributed by atoms with E-state index in [1.165, 1.54) is 0 Å². The highest BCUT2D eigenvalue weighted by molar-refractivity contribution is 6.09. The molecule has 0 radical (unpaired) electrons. The summed E-state index contributed by atoms with van der Waals surface area (Å²) in [7, 11) is 0. The van der Waals surface area contributed by atoms with E-state index < -0.39 is 0 Å². The van der Waals surface area contributed by atoms with Crippen LogP contribution in [0.1, 0.15) is 0 Å². The first-order chi connectivity index (χ1) is 16.8. The molecule has 2 heterocycles. The minimum absolute atomic E-state index is 0.631. The van der Waals surface area contributed by atoms with Crippen LogP contribution in [0.15, 0.2) is 124 Å². The first-order valence-corrected chi connectivity index (χ1v) is 11.3. The van der Waals surface area contributed by atoms with E-state index in [9.17, 15) is 0 Å². The van der Waals surface area contributed by atoms with Crippen LogP contribution in [0.5, 0.6) is 0 Å². The molecule has 0 fully saturated rings. The molecule has 0 spiro atoms.